The standard InChI is InChI=1S/C20H19N3O2S/c21-18(24)12-13-23(16-7-2-1-3-8-16)20(25)14-26-19-11-10-15-6-4-5-9-17(15)22-19/h1-11H,12-14H2,(H2,21,24). The second kappa shape index (κ2) is 8.49. The molecular weight excluding hydrogens is 346 g/mol. The van der Waals surface area contributed by atoms with Crippen LogP contribution in [-0.2, 0) is 9.59 Å². The van der Waals surface area contributed by atoms with E-state index in [2.05, 4.69) is 4.98 Å². The van der Waals surface area contributed by atoms with Gasteiger partial charge in [-0.1, -0.05) is 54.2 Å². The number of benzene rings is 2. The van der Waals surface area contributed by atoms with Gasteiger partial charge in [0.05, 0.1) is 16.3 Å². The van der Waals surface area contributed by atoms with E-state index in [9.17, 15) is 9.59 Å². The Morgan fingerprint density at radius 2 is 1.69 bits per heavy atom. The molecule has 2 amide bonds. The predicted molar refractivity (Wildman–Crippen MR) is 105 cm³/mol. The van der Waals surface area contributed by atoms with Crippen molar-refractivity contribution in [1.29, 1.82) is 0 Å². The largest absolute Gasteiger partial charge is 0.370 e. The molecule has 6 heteroatoms. The number of aromatic nitrogens is 1. The van der Waals surface area contributed by atoms with E-state index in [1.54, 1.807) is 4.90 Å². The maximum absolute atomic E-state index is 12.7. The third kappa shape index (κ3) is 4.61. The molecule has 132 valence electrons. The summed E-state index contributed by atoms with van der Waals surface area (Å²) in [4.78, 5) is 30.0. The van der Waals surface area contributed by atoms with E-state index in [-0.39, 0.29) is 24.6 Å². The van der Waals surface area contributed by atoms with Gasteiger partial charge in [-0.15, -0.1) is 0 Å². The molecule has 0 fully saturated rings. The van der Waals surface area contributed by atoms with Gasteiger partial charge in [-0.05, 0) is 24.3 Å². The van der Waals surface area contributed by atoms with Crippen molar-refractivity contribution >= 4 is 40.2 Å². The van der Waals surface area contributed by atoms with Crippen LogP contribution in [0, 0.1) is 0 Å². The third-order valence-corrected chi connectivity index (χ3v) is 4.78. The van der Waals surface area contributed by atoms with Crippen molar-refractivity contribution in [2.75, 3.05) is 17.2 Å². The lowest BCUT2D eigenvalue weighted by molar-refractivity contribution is -0.118. The number of carbonyl (C=O) groups excluding carboxylic acids is 2. The van der Waals surface area contributed by atoms with E-state index in [0.717, 1.165) is 21.6 Å². The molecule has 0 saturated carbocycles. The molecule has 2 aromatic carbocycles. The zero-order chi connectivity index (χ0) is 18.4. The SMILES string of the molecule is NC(=O)CCN(C(=O)CSc1ccc2ccccc2n1)c1ccccc1. The van der Waals surface area contributed by atoms with E-state index in [1.165, 1.54) is 11.8 Å². The molecule has 0 aliphatic carbocycles. The highest BCUT2D eigenvalue weighted by atomic mass is 32.2. The molecule has 0 aliphatic rings. The first-order valence-electron chi connectivity index (χ1n) is 8.26. The Kier molecular flexibility index (Phi) is 5.86. The van der Waals surface area contributed by atoms with Crippen molar-refractivity contribution in [1.82, 2.24) is 4.98 Å². The van der Waals surface area contributed by atoms with Crippen LogP contribution >= 0.6 is 11.8 Å². The second-order valence-corrected chi connectivity index (χ2v) is 6.72. The van der Waals surface area contributed by atoms with Crippen molar-refractivity contribution in [3.05, 3.63) is 66.7 Å². The van der Waals surface area contributed by atoms with Crippen LogP contribution in [0.5, 0.6) is 0 Å². The maximum atomic E-state index is 12.7. The summed E-state index contributed by atoms with van der Waals surface area (Å²) in [5.74, 6) is -0.279. The topological polar surface area (TPSA) is 76.3 Å². The summed E-state index contributed by atoms with van der Waals surface area (Å²) in [6.07, 6.45) is 0.125. The van der Waals surface area contributed by atoms with E-state index < -0.39 is 5.91 Å². The lowest BCUT2D eigenvalue weighted by atomic mass is 10.2. The molecule has 5 nitrogen and oxygen atoms in total. The van der Waals surface area contributed by atoms with Gasteiger partial charge >= 0.3 is 0 Å². The minimum absolute atomic E-state index is 0.0857. The lowest BCUT2D eigenvalue weighted by Crippen LogP contribution is -2.35. The Bertz CT molecular complexity index is 915. The van der Waals surface area contributed by atoms with Gasteiger partial charge in [0, 0.05) is 24.0 Å². The number of primary amides is 1. The minimum Gasteiger partial charge on any atom is -0.370 e. The molecule has 0 unspecified atom stereocenters. The van der Waals surface area contributed by atoms with Crippen LogP contribution in [0.4, 0.5) is 5.69 Å². The summed E-state index contributed by atoms with van der Waals surface area (Å²) < 4.78 is 0. The first kappa shape index (κ1) is 17.9. The van der Waals surface area contributed by atoms with Gasteiger partial charge in [-0.25, -0.2) is 4.98 Å². The number of carbonyl (C=O) groups is 2. The Labute approximate surface area is 156 Å². The second-order valence-electron chi connectivity index (χ2n) is 5.73. The van der Waals surface area contributed by atoms with E-state index in [4.69, 9.17) is 5.73 Å². The van der Waals surface area contributed by atoms with E-state index in [0.29, 0.717) is 0 Å². The van der Waals surface area contributed by atoms with Crippen molar-refractivity contribution in [3.8, 4) is 0 Å². The quantitative estimate of drug-likeness (QED) is 0.652. The monoisotopic (exact) mass is 365 g/mol. The third-order valence-electron chi connectivity index (χ3n) is 3.87. The van der Waals surface area contributed by atoms with Gasteiger partial charge in [0.25, 0.3) is 0 Å². The van der Waals surface area contributed by atoms with Gasteiger partial charge in [0.15, 0.2) is 0 Å². The minimum atomic E-state index is -0.428. The Morgan fingerprint density at radius 1 is 0.962 bits per heavy atom. The molecule has 1 heterocycles. The number of nitrogens with two attached hydrogens (primary N) is 1. The molecule has 0 atom stereocenters. The molecule has 1 aromatic heterocycles. The van der Waals surface area contributed by atoms with Crippen LogP contribution in [0.3, 0.4) is 0 Å². The van der Waals surface area contributed by atoms with Crippen molar-refractivity contribution in [3.63, 3.8) is 0 Å². The molecule has 0 bridgehead atoms. The van der Waals surface area contributed by atoms with Crippen LogP contribution in [-0.4, -0.2) is 29.1 Å². The number of anilines is 1. The van der Waals surface area contributed by atoms with Crippen LogP contribution < -0.4 is 10.6 Å². The average Bonchev–Trinajstić information content (AvgIpc) is 2.67. The number of hydrogen-bond acceptors (Lipinski definition) is 4. The zero-order valence-electron chi connectivity index (χ0n) is 14.2. The zero-order valence-corrected chi connectivity index (χ0v) is 15.0. The highest BCUT2D eigenvalue weighted by Gasteiger charge is 2.17. The number of amides is 2. The number of rotatable bonds is 7. The Balaban J connectivity index is 1.71. The fourth-order valence-corrected chi connectivity index (χ4v) is 3.32. The van der Waals surface area contributed by atoms with E-state index in [1.807, 2.05) is 66.7 Å². The Hall–Kier alpha value is -2.86. The molecule has 3 aromatic rings. The normalized spacial score (nSPS) is 10.6. The van der Waals surface area contributed by atoms with Gasteiger partial charge in [0.1, 0.15) is 0 Å². The maximum Gasteiger partial charge on any atom is 0.237 e. The number of para-hydroxylation sites is 2. The summed E-state index contributed by atoms with van der Waals surface area (Å²) in [5.41, 5.74) is 6.90. The summed E-state index contributed by atoms with van der Waals surface area (Å²) in [5, 5.41) is 1.86. The number of pyridine rings is 1. The first-order chi connectivity index (χ1) is 12.6. The first-order valence-corrected chi connectivity index (χ1v) is 9.24. The molecule has 0 saturated heterocycles. The average molecular weight is 365 g/mol. The fourth-order valence-electron chi connectivity index (χ4n) is 2.57. The van der Waals surface area contributed by atoms with Gasteiger partial charge in [-0.3, -0.25) is 9.59 Å². The molecule has 0 radical (unpaired) electrons. The van der Waals surface area contributed by atoms with Crippen molar-refractivity contribution < 1.29 is 9.59 Å². The summed E-state index contributed by atoms with van der Waals surface area (Å²) in [6.45, 7) is 0.268. The van der Waals surface area contributed by atoms with Gasteiger partial charge < -0.3 is 10.6 Å². The molecule has 2 N–H and O–H groups in total. The highest BCUT2D eigenvalue weighted by Crippen LogP contribution is 2.22. The van der Waals surface area contributed by atoms with Crippen molar-refractivity contribution in [2.24, 2.45) is 5.73 Å². The van der Waals surface area contributed by atoms with Crippen LogP contribution in [0.25, 0.3) is 10.9 Å². The Morgan fingerprint density at radius 3 is 2.46 bits per heavy atom. The number of hydrogen-bond donors (Lipinski definition) is 1. The number of thioether (sulfide) groups is 1. The lowest BCUT2D eigenvalue weighted by Gasteiger charge is -2.22. The molecule has 3 rings (SSSR count). The van der Waals surface area contributed by atoms with Crippen LogP contribution in [0.15, 0.2) is 71.8 Å². The smallest absolute Gasteiger partial charge is 0.237 e. The summed E-state index contributed by atoms with van der Waals surface area (Å²) in [7, 11) is 0. The highest BCUT2D eigenvalue weighted by molar-refractivity contribution is 7.99. The molecule has 0 spiro atoms. The summed E-state index contributed by atoms with van der Waals surface area (Å²) in [6, 6.07) is 21.1. The van der Waals surface area contributed by atoms with Gasteiger partial charge in [-0.2, -0.15) is 0 Å². The number of fused-ring (bicyclic) bond motifs is 1. The summed E-state index contributed by atoms with van der Waals surface area (Å²) >= 11 is 1.38. The molecule has 0 aliphatic heterocycles. The van der Waals surface area contributed by atoms with Crippen LogP contribution in [0.2, 0.25) is 0 Å². The van der Waals surface area contributed by atoms with E-state index >= 15 is 0 Å². The molecule has 26 heavy (non-hydrogen) atoms. The fraction of sp³-hybridized carbons (Fsp3) is 0.150. The predicted octanol–water partition coefficient (Wildman–Crippen LogP) is 3.24. The van der Waals surface area contributed by atoms with Crippen LogP contribution in [0.1, 0.15) is 6.42 Å². The van der Waals surface area contributed by atoms with Crippen molar-refractivity contribution in [2.45, 2.75) is 11.4 Å². The number of nitrogens with zero attached hydrogens (tertiary/aromatic N) is 2. The van der Waals surface area contributed by atoms with Gasteiger partial charge in [0.2, 0.25) is 11.8 Å². The molecular formula is C20H19N3O2S.